The van der Waals surface area contributed by atoms with Crippen LogP contribution in [0.3, 0.4) is 0 Å². The number of phenolic OH excluding ortho intramolecular Hbond substituents is 1. The Morgan fingerprint density at radius 3 is 2.29 bits per heavy atom. The van der Waals surface area contributed by atoms with Crippen molar-refractivity contribution >= 4 is 29.6 Å². The van der Waals surface area contributed by atoms with Crippen molar-refractivity contribution in [3.63, 3.8) is 0 Å². The minimum atomic E-state index is -0.0890. The SMILES string of the molecule is C=C/C=C(/C=Nc1ccccc1N=Cc1ccccc1O)C(C)=O. The topological polar surface area (TPSA) is 62.0 Å². The minimum Gasteiger partial charge on any atom is -0.507 e. The molecule has 0 saturated carbocycles. The van der Waals surface area contributed by atoms with Gasteiger partial charge in [0.05, 0.1) is 11.4 Å². The molecule has 120 valence electrons. The van der Waals surface area contributed by atoms with Crippen LogP contribution in [0, 0.1) is 0 Å². The first-order valence-corrected chi connectivity index (χ1v) is 7.40. The maximum Gasteiger partial charge on any atom is 0.161 e. The lowest BCUT2D eigenvalue weighted by Crippen LogP contribution is -1.96. The third-order valence-corrected chi connectivity index (χ3v) is 3.21. The number of benzene rings is 2. The summed E-state index contributed by atoms with van der Waals surface area (Å²) in [6.07, 6.45) is 6.23. The molecule has 0 spiro atoms. The second kappa shape index (κ2) is 8.39. The fourth-order valence-electron chi connectivity index (χ4n) is 1.94. The molecule has 0 aliphatic carbocycles. The Morgan fingerprint density at radius 2 is 1.67 bits per heavy atom. The first-order chi connectivity index (χ1) is 11.6. The lowest BCUT2D eigenvalue weighted by atomic mass is 10.2. The summed E-state index contributed by atoms with van der Waals surface area (Å²) in [7, 11) is 0. The summed E-state index contributed by atoms with van der Waals surface area (Å²) >= 11 is 0. The zero-order valence-electron chi connectivity index (χ0n) is 13.4. The van der Waals surface area contributed by atoms with Crippen LogP contribution < -0.4 is 0 Å². The second-order valence-electron chi connectivity index (χ2n) is 4.98. The van der Waals surface area contributed by atoms with Crippen LogP contribution in [0.1, 0.15) is 12.5 Å². The largest absolute Gasteiger partial charge is 0.507 e. The van der Waals surface area contributed by atoms with Crippen LogP contribution in [0.4, 0.5) is 11.4 Å². The first-order valence-electron chi connectivity index (χ1n) is 7.40. The summed E-state index contributed by atoms with van der Waals surface area (Å²) in [6, 6.07) is 14.3. The number of phenols is 1. The summed E-state index contributed by atoms with van der Waals surface area (Å²) in [4.78, 5) is 20.2. The molecule has 0 bridgehead atoms. The summed E-state index contributed by atoms with van der Waals surface area (Å²) < 4.78 is 0. The third-order valence-electron chi connectivity index (χ3n) is 3.21. The molecule has 0 aliphatic heterocycles. The standard InChI is InChI=1S/C20H18N2O2/c1-3-8-16(15(2)23)13-21-18-10-5-6-11-19(18)22-14-17-9-4-7-12-20(17)24/h3-14,24H,1H2,2H3/b16-8-,21-13?,22-14?. The summed E-state index contributed by atoms with van der Waals surface area (Å²) in [5.41, 5.74) is 2.34. The van der Waals surface area contributed by atoms with Gasteiger partial charge in [-0.2, -0.15) is 0 Å². The molecular formula is C20H18N2O2. The molecule has 24 heavy (non-hydrogen) atoms. The fraction of sp³-hybridized carbons (Fsp3) is 0.0500. The van der Waals surface area contributed by atoms with Crippen LogP contribution in [0.15, 0.2) is 82.8 Å². The van der Waals surface area contributed by atoms with E-state index in [1.165, 1.54) is 13.1 Å². The number of nitrogens with zero attached hydrogens (tertiary/aromatic N) is 2. The monoisotopic (exact) mass is 318 g/mol. The number of hydrogen-bond acceptors (Lipinski definition) is 4. The smallest absolute Gasteiger partial charge is 0.161 e. The van der Waals surface area contributed by atoms with Crippen molar-refractivity contribution in [2.75, 3.05) is 0 Å². The van der Waals surface area contributed by atoms with Crippen molar-refractivity contribution in [3.8, 4) is 5.75 Å². The second-order valence-corrected chi connectivity index (χ2v) is 4.98. The molecule has 0 amide bonds. The van der Waals surface area contributed by atoms with Gasteiger partial charge in [-0.25, -0.2) is 0 Å². The minimum absolute atomic E-state index is 0.0890. The molecule has 0 fully saturated rings. The van der Waals surface area contributed by atoms with Gasteiger partial charge in [0.15, 0.2) is 5.78 Å². The number of ketones is 1. The Balaban J connectivity index is 2.31. The van der Waals surface area contributed by atoms with Crippen molar-refractivity contribution < 1.29 is 9.90 Å². The molecule has 0 aliphatic rings. The molecule has 0 heterocycles. The van der Waals surface area contributed by atoms with Crippen LogP contribution in [0.5, 0.6) is 5.75 Å². The van der Waals surface area contributed by atoms with Crippen LogP contribution >= 0.6 is 0 Å². The number of carbonyl (C=O) groups excluding carboxylic acids is 1. The highest BCUT2D eigenvalue weighted by molar-refractivity contribution is 6.13. The van der Waals surface area contributed by atoms with Gasteiger partial charge in [-0.3, -0.25) is 14.8 Å². The van der Waals surface area contributed by atoms with Gasteiger partial charge in [-0.1, -0.05) is 43.0 Å². The molecule has 2 rings (SSSR count). The molecule has 4 heteroatoms. The maximum atomic E-state index is 11.5. The van der Waals surface area contributed by atoms with E-state index in [9.17, 15) is 9.90 Å². The molecule has 2 aromatic rings. The highest BCUT2D eigenvalue weighted by Crippen LogP contribution is 2.27. The lowest BCUT2D eigenvalue weighted by Gasteiger charge is -2.01. The van der Waals surface area contributed by atoms with Gasteiger partial charge in [0.25, 0.3) is 0 Å². The van der Waals surface area contributed by atoms with E-state index in [2.05, 4.69) is 16.6 Å². The van der Waals surface area contributed by atoms with Crippen molar-refractivity contribution in [1.29, 1.82) is 0 Å². The number of Topliss-reactive ketones (excluding diaryl/α,β-unsaturated/α-hetero) is 1. The van der Waals surface area contributed by atoms with E-state index < -0.39 is 0 Å². The van der Waals surface area contributed by atoms with Crippen molar-refractivity contribution in [2.45, 2.75) is 6.92 Å². The van der Waals surface area contributed by atoms with Crippen molar-refractivity contribution in [3.05, 3.63) is 78.4 Å². The third kappa shape index (κ3) is 4.61. The first kappa shape index (κ1) is 17.1. The quantitative estimate of drug-likeness (QED) is 0.482. The Hall–Kier alpha value is -3.27. The normalized spacial score (nSPS) is 12.0. The molecule has 4 nitrogen and oxygen atoms in total. The maximum absolute atomic E-state index is 11.5. The van der Waals surface area contributed by atoms with Crippen LogP contribution in [-0.2, 0) is 4.79 Å². The van der Waals surface area contributed by atoms with Gasteiger partial charge in [-0.05, 0) is 31.2 Å². The number of aliphatic imine (C=N–C) groups is 2. The van der Waals surface area contributed by atoms with Gasteiger partial charge >= 0.3 is 0 Å². The summed E-state index contributed by atoms with van der Waals surface area (Å²) in [5.74, 6) is 0.0730. The average Bonchev–Trinajstić information content (AvgIpc) is 2.58. The van der Waals surface area contributed by atoms with Crippen LogP contribution in [0.25, 0.3) is 0 Å². The van der Waals surface area contributed by atoms with E-state index in [4.69, 9.17) is 0 Å². The molecule has 0 aromatic heterocycles. The van der Waals surface area contributed by atoms with E-state index >= 15 is 0 Å². The van der Waals surface area contributed by atoms with E-state index in [-0.39, 0.29) is 11.5 Å². The van der Waals surface area contributed by atoms with E-state index in [1.54, 1.807) is 42.6 Å². The predicted molar refractivity (Wildman–Crippen MR) is 98.9 cm³/mol. The molecule has 0 saturated heterocycles. The average molecular weight is 318 g/mol. The highest BCUT2D eigenvalue weighted by atomic mass is 16.3. The molecule has 2 aromatic carbocycles. The van der Waals surface area contributed by atoms with Gasteiger partial charge in [0.1, 0.15) is 5.75 Å². The molecule has 0 atom stereocenters. The number of allylic oxidation sites excluding steroid dienone is 3. The highest BCUT2D eigenvalue weighted by Gasteiger charge is 2.02. The molecule has 0 radical (unpaired) electrons. The Kier molecular flexibility index (Phi) is 5.97. The molecule has 1 N–H and O–H groups in total. The number of carbonyl (C=O) groups is 1. The van der Waals surface area contributed by atoms with Gasteiger partial charge < -0.3 is 5.11 Å². The Labute approximate surface area is 141 Å². The van der Waals surface area contributed by atoms with Crippen LogP contribution in [0.2, 0.25) is 0 Å². The summed E-state index contributed by atoms with van der Waals surface area (Å²) in [6.45, 7) is 5.06. The zero-order chi connectivity index (χ0) is 17.4. The van der Waals surface area contributed by atoms with Crippen molar-refractivity contribution in [1.82, 2.24) is 0 Å². The number of hydrogen-bond donors (Lipinski definition) is 1. The Morgan fingerprint density at radius 1 is 1.04 bits per heavy atom. The Bertz CT molecular complexity index is 833. The predicted octanol–water partition coefficient (Wildman–Crippen LogP) is 4.55. The fourth-order valence-corrected chi connectivity index (χ4v) is 1.94. The molecule has 0 unspecified atom stereocenters. The summed E-state index contributed by atoms with van der Waals surface area (Å²) in [5, 5.41) is 9.78. The number of para-hydroxylation sites is 3. The lowest BCUT2D eigenvalue weighted by molar-refractivity contribution is -0.113. The van der Waals surface area contributed by atoms with Gasteiger partial charge in [0.2, 0.25) is 0 Å². The van der Waals surface area contributed by atoms with E-state index in [0.29, 0.717) is 22.5 Å². The van der Waals surface area contributed by atoms with Gasteiger partial charge in [-0.15, -0.1) is 0 Å². The zero-order valence-corrected chi connectivity index (χ0v) is 13.4. The van der Waals surface area contributed by atoms with E-state index in [0.717, 1.165) is 0 Å². The molecular weight excluding hydrogens is 300 g/mol. The number of aromatic hydroxyl groups is 1. The van der Waals surface area contributed by atoms with Crippen molar-refractivity contribution in [2.24, 2.45) is 9.98 Å². The van der Waals surface area contributed by atoms with E-state index in [1.807, 2.05) is 24.3 Å². The van der Waals surface area contributed by atoms with Crippen LogP contribution in [-0.4, -0.2) is 23.3 Å². The number of rotatable bonds is 6. The van der Waals surface area contributed by atoms with Gasteiger partial charge in [0, 0.05) is 23.6 Å².